The first kappa shape index (κ1) is 22.4. The molecule has 0 radical (unpaired) electrons. The van der Waals surface area contributed by atoms with Gasteiger partial charge in [0, 0.05) is 23.4 Å². The van der Waals surface area contributed by atoms with E-state index in [-0.39, 0.29) is 32.6 Å². The molecule has 1 aliphatic rings. The number of Topliss-reactive ketones (excluding diaryl/α,β-unsaturated/α-hetero) is 1. The van der Waals surface area contributed by atoms with Crippen molar-refractivity contribution < 1.29 is 24.0 Å². The Labute approximate surface area is 196 Å². The average Bonchev–Trinajstić information content (AvgIpc) is 3.06. The highest BCUT2D eigenvalue weighted by atomic mass is 35.5. The number of carbonyl (C=O) groups excluding carboxylic acids is 2. The van der Waals surface area contributed by atoms with E-state index in [1.807, 2.05) is 0 Å². The van der Waals surface area contributed by atoms with Crippen molar-refractivity contribution in [1.29, 1.82) is 0 Å². The zero-order valence-electron chi connectivity index (χ0n) is 16.5. The van der Waals surface area contributed by atoms with Crippen molar-refractivity contribution in [2.45, 2.75) is 6.04 Å². The van der Waals surface area contributed by atoms with E-state index in [4.69, 9.17) is 23.2 Å². The molecular weight excluding hydrogens is 474 g/mol. The molecular formula is C23H13Cl2FN2O5. The number of hydrogen-bond donors (Lipinski definition) is 1. The molecule has 1 unspecified atom stereocenters. The van der Waals surface area contributed by atoms with Gasteiger partial charge in [0.05, 0.1) is 26.6 Å². The van der Waals surface area contributed by atoms with E-state index in [0.717, 1.165) is 23.1 Å². The second kappa shape index (κ2) is 8.65. The summed E-state index contributed by atoms with van der Waals surface area (Å²) in [7, 11) is 0. The minimum Gasteiger partial charge on any atom is -0.507 e. The maximum Gasteiger partial charge on any atom is 0.300 e. The summed E-state index contributed by atoms with van der Waals surface area (Å²) in [6.45, 7) is 0. The lowest BCUT2D eigenvalue weighted by atomic mass is 9.95. The number of amides is 1. The van der Waals surface area contributed by atoms with Gasteiger partial charge in [-0.25, -0.2) is 4.39 Å². The maximum atomic E-state index is 13.6. The molecule has 1 amide bonds. The molecule has 1 heterocycles. The molecule has 3 aromatic carbocycles. The summed E-state index contributed by atoms with van der Waals surface area (Å²) >= 11 is 12.1. The molecule has 0 aromatic heterocycles. The van der Waals surface area contributed by atoms with Crippen LogP contribution in [0.5, 0.6) is 0 Å². The Kier molecular flexibility index (Phi) is 5.88. The number of nitrogens with zero attached hydrogens (tertiary/aromatic N) is 2. The van der Waals surface area contributed by atoms with Gasteiger partial charge >= 0.3 is 0 Å². The second-order valence-corrected chi connectivity index (χ2v) is 7.94. The highest BCUT2D eigenvalue weighted by molar-refractivity contribution is 6.52. The lowest BCUT2D eigenvalue weighted by Crippen LogP contribution is -2.29. The molecule has 10 heteroatoms. The minimum atomic E-state index is -1.15. The Morgan fingerprint density at radius 3 is 2.33 bits per heavy atom. The van der Waals surface area contributed by atoms with Gasteiger partial charge in [0.25, 0.3) is 17.4 Å². The summed E-state index contributed by atoms with van der Waals surface area (Å²) in [5.41, 5.74) is -0.0923. The third-order valence-corrected chi connectivity index (χ3v) is 5.88. The summed E-state index contributed by atoms with van der Waals surface area (Å²) in [5, 5.41) is 22.5. The summed E-state index contributed by atoms with van der Waals surface area (Å²) < 4.78 is 13.6. The molecule has 0 bridgehead atoms. The SMILES string of the molecule is O=C1C(=O)N(c2ccc(Cl)c(Cl)c2)C(c2ccc(F)cc2)/C1=C(\O)c1cccc([N+](=O)[O-])c1. The Morgan fingerprint density at radius 2 is 1.70 bits per heavy atom. The number of halogens is 3. The van der Waals surface area contributed by atoms with E-state index in [1.54, 1.807) is 0 Å². The lowest BCUT2D eigenvalue weighted by Gasteiger charge is -2.25. The van der Waals surface area contributed by atoms with E-state index < -0.39 is 34.2 Å². The van der Waals surface area contributed by atoms with Gasteiger partial charge in [-0.2, -0.15) is 0 Å². The van der Waals surface area contributed by atoms with Gasteiger partial charge < -0.3 is 5.11 Å². The van der Waals surface area contributed by atoms with Crippen LogP contribution in [0.1, 0.15) is 17.2 Å². The van der Waals surface area contributed by atoms with Crippen LogP contribution in [0.25, 0.3) is 5.76 Å². The number of rotatable bonds is 4. The molecule has 1 N–H and O–H groups in total. The zero-order chi connectivity index (χ0) is 23.9. The van der Waals surface area contributed by atoms with Gasteiger partial charge in [-0.05, 0) is 35.9 Å². The van der Waals surface area contributed by atoms with Crippen molar-refractivity contribution in [3.63, 3.8) is 0 Å². The number of anilines is 1. The van der Waals surface area contributed by atoms with E-state index in [2.05, 4.69) is 0 Å². The molecule has 0 aliphatic carbocycles. The van der Waals surface area contributed by atoms with Crippen LogP contribution >= 0.6 is 23.2 Å². The number of non-ortho nitro benzene ring substituents is 1. The number of aliphatic hydroxyl groups is 1. The molecule has 1 fully saturated rings. The number of ketones is 1. The van der Waals surface area contributed by atoms with Crippen LogP contribution in [-0.2, 0) is 9.59 Å². The standard InChI is InChI=1S/C23H13Cl2FN2O5/c24-17-9-8-15(11-18(17)25)27-20(12-4-6-14(26)7-5-12)19(22(30)23(27)31)21(29)13-2-1-3-16(10-13)28(32)33/h1-11,20,29H/b21-19+. The van der Waals surface area contributed by atoms with E-state index >= 15 is 0 Å². The Hall–Kier alpha value is -3.75. The lowest BCUT2D eigenvalue weighted by molar-refractivity contribution is -0.384. The van der Waals surface area contributed by atoms with Gasteiger partial charge in [-0.1, -0.05) is 47.5 Å². The third-order valence-electron chi connectivity index (χ3n) is 5.14. The Morgan fingerprint density at radius 1 is 1.00 bits per heavy atom. The van der Waals surface area contributed by atoms with Gasteiger partial charge in [-0.15, -0.1) is 0 Å². The smallest absolute Gasteiger partial charge is 0.300 e. The monoisotopic (exact) mass is 486 g/mol. The first-order valence-electron chi connectivity index (χ1n) is 9.45. The Bertz CT molecular complexity index is 1340. The van der Waals surface area contributed by atoms with Crippen LogP contribution < -0.4 is 4.90 Å². The van der Waals surface area contributed by atoms with Crippen LogP contribution in [0.2, 0.25) is 10.0 Å². The molecule has 0 saturated carbocycles. The molecule has 33 heavy (non-hydrogen) atoms. The predicted octanol–water partition coefficient (Wildman–Crippen LogP) is 5.67. The second-order valence-electron chi connectivity index (χ2n) is 7.13. The molecule has 7 nitrogen and oxygen atoms in total. The van der Waals surface area contributed by atoms with Crippen molar-refractivity contribution in [3.8, 4) is 0 Å². The first-order valence-corrected chi connectivity index (χ1v) is 10.2. The highest BCUT2D eigenvalue weighted by Gasteiger charge is 2.47. The normalized spacial score (nSPS) is 17.4. The third kappa shape index (κ3) is 4.06. The number of aliphatic hydroxyl groups excluding tert-OH is 1. The average molecular weight is 487 g/mol. The fraction of sp³-hybridized carbons (Fsp3) is 0.0435. The summed E-state index contributed by atoms with van der Waals surface area (Å²) in [4.78, 5) is 37.7. The first-order chi connectivity index (χ1) is 15.7. The number of nitro benzene ring substituents is 1. The minimum absolute atomic E-state index is 0.0246. The fourth-order valence-corrected chi connectivity index (χ4v) is 3.91. The van der Waals surface area contributed by atoms with Crippen LogP contribution in [-0.4, -0.2) is 21.7 Å². The van der Waals surface area contributed by atoms with Gasteiger partial charge in [-0.3, -0.25) is 24.6 Å². The predicted molar refractivity (Wildman–Crippen MR) is 121 cm³/mol. The van der Waals surface area contributed by atoms with Crippen molar-refractivity contribution in [3.05, 3.63) is 109 Å². The van der Waals surface area contributed by atoms with Gasteiger partial charge in [0.2, 0.25) is 0 Å². The number of benzene rings is 3. The van der Waals surface area contributed by atoms with E-state index in [0.29, 0.717) is 5.56 Å². The fourth-order valence-electron chi connectivity index (χ4n) is 3.62. The van der Waals surface area contributed by atoms with E-state index in [9.17, 15) is 29.2 Å². The van der Waals surface area contributed by atoms with Gasteiger partial charge in [0.1, 0.15) is 11.6 Å². The quantitative estimate of drug-likeness (QED) is 0.168. The molecule has 166 valence electrons. The van der Waals surface area contributed by atoms with Crippen LogP contribution in [0.3, 0.4) is 0 Å². The van der Waals surface area contributed by atoms with Crippen molar-refractivity contribution in [1.82, 2.24) is 0 Å². The van der Waals surface area contributed by atoms with Gasteiger partial charge in [0.15, 0.2) is 0 Å². The zero-order valence-corrected chi connectivity index (χ0v) is 18.0. The van der Waals surface area contributed by atoms with Crippen molar-refractivity contribution in [2.24, 2.45) is 0 Å². The van der Waals surface area contributed by atoms with Crippen LogP contribution in [0.15, 0.2) is 72.3 Å². The van der Waals surface area contributed by atoms with Crippen LogP contribution in [0, 0.1) is 15.9 Å². The number of hydrogen-bond acceptors (Lipinski definition) is 5. The number of nitro groups is 1. The maximum absolute atomic E-state index is 13.6. The van der Waals surface area contributed by atoms with Crippen LogP contribution in [0.4, 0.5) is 15.8 Å². The molecule has 1 saturated heterocycles. The Balaban J connectivity index is 1.96. The van der Waals surface area contributed by atoms with Crippen molar-refractivity contribution in [2.75, 3.05) is 4.90 Å². The molecule has 1 atom stereocenters. The molecule has 1 aliphatic heterocycles. The topological polar surface area (TPSA) is 101 Å². The molecule has 0 spiro atoms. The summed E-state index contributed by atoms with van der Waals surface area (Å²) in [5.74, 6) is -3.12. The van der Waals surface area contributed by atoms with Crippen molar-refractivity contribution >= 4 is 52.0 Å². The highest BCUT2D eigenvalue weighted by Crippen LogP contribution is 2.43. The molecule has 4 rings (SSSR count). The molecule has 3 aromatic rings. The summed E-state index contributed by atoms with van der Waals surface area (Å²) in [6.07, 6.45) is 0. The largest absolute Gasteiger partial charge is 0.507 e. The summed E-state index contributed by atoms with van der Waals surface area (Å²) in [6, 6.07) is 13.2. The number of carbonyl (C=O) groups is 2. The van der Waals surface area contributed by atoms with E-state index in [1.165, 1.54) is 48.5 Å².